The summed E-state index contributed by atoms with van der Waals surface area (Å²) in [6.45, 7) is 3.22. The number of esters is 2. The number of ketones is 2. The Morgan fingerprint density at radius 1 is 0.533 bits per heavy atom. The van der Waals surface area contributed by atoms with Crippen LogP contribution >= 0.6 is 0 Å². The number of benzene rings is 4. The van der Waals surface area contributed by atoms with Crippen LogP contribution in [0.15, 0.2) is 84.9 Å². The molecule has 0 fully saturated rings. The van der Waals surface area contributed by atoms with E-state index >= 15 is 0 Å². The largest absolute Gasteiger partial charge is 0.465 e. The summed E-state index contributed by atoms with van der Waals surface area (Å²) in [7, 11) is 0. The minimum Gasteiger partial charge on any atom is -0.465 e. The van der Waals surface area contributed by atoms with Crippen molar-refractivity contribution in [1.82, 2.24) is 0 Å². The Hall–Kier alpha value is -4.84. The molecule has 0 atom stereocenters. The quantitative estimate of drug-likeness (QED) is 0.109. The molecule has 0 radical (unpaired) electrons. The van der Waals surface area contributed by atoms with Crippen LogP contribution in [-0.4, -0.2) is 36.7 Å². The molecule has 0 heterocycles. The maximum Gasteiger partial charge on any atom is 0.324 e. The van der Waals surface area contributed by atoms with Crippen molar-refractivity contribution >= 4 is 23.5 Å². The molecule has 2 aliphatic rings. The zero-order valence-corrected chi connectivity index (χ0v) is 25.7. The van der Waals surface area contributed by atoms with Crippen LogP contribution in [-0.2, 0) is 44.7 Å². The van der Waals surface area contributed by atoms with Gasteiger partial charge in [0.15, 0.2) is 17.0 Å². The molecule has 2 aliphatic carbocycles. The molecule has 4 aromatic rings. The van der Waals surface area contributed by atoms with E-state index in [1.54, 1.807) is 26.0 Å². The van der Waals surface area contributed by atoms with E-state index < -0.39 is 41.8 Å². The highest BCUT2D eigenvalue weighted by Gasteiger charge is 2.52. The van der Waals surface area contributed by atoms with Crippen LogP contribution in [0.3, 0.4) is 0 Å². The minimum absolute atomic E-state index is 0.0150. The molecular formula is C39H36O6. The first kappa shape index (κ1) is 30.2. The van der Waals surface area contributed by atoms with E-state index in [4.69, 9.17) is 9.47 Å². The van der Waals surface area contributed by atoms with Gasteiger partial charge in [-0.1, -0.05) is 72.8 Å². The van der Waals surface area contributed by atoms with E-state index in [0.717, 1.165) is 59.1 Å². The molecule has 228 valence electrons. The summed E-state index contributed by atoms with van der Waals surface area (Å²) in [6, 6.07) is 27.4. The Bertz CT molecular complexity index is 1680. The number of hydrogen-bond acceptors (Lipinski definition) is 6. The summed E-state index contributed by atoms with van der Waals surface area (Å²) in [5.74, 6) is -2.70. The first-order chi connectivity index (χ1) is 21.8. The number of fused-ring (bicyclic) bond motifs is 6. The van der Waals surface area contributed by atoms with Crippen LogP contribution in [0.25, 0.3) is 22.3 Å². The number of rotatable bonds is 10. The van der Waals surface area contributed by atoms with E-state index in [-0.39, 0.29) is 13.2 Å². The summed E-state index contributed by atoms with van der Waals surface area (Å²) < 4.78 is 10.7. The predicted molar refractivity (Wildman–Crippen MR) is 172 cm³/mol. The number of ether oxygens (including phenoxy) is 2. The number of carbonyl (C=O) groups is 4. The van der Waals surface area contributed by atoms with Crippen LogP contribution < -0.4 is 0 Å². The summed E-state index contributed by atoms with van der Waals surface area (Å²) in [6.07, 6.45) is 2.19. The molecule has 6 nitrogen and oxygen atoms in total. The molecule has 6 heteroatoms. The van der Waals surface area contributed by atoms with Gasteiger partial charge < -0.3 is 9.47 Å². The molecule has 0 saturated heterocycles. The summed E-state index contributed by atoms with van der Waals surface area (Å²) in [5, 5.41) is 0. The van der Waals surface area contributed by atoms with Crippen molar-refractivity contribution in [2.45, 2.75) is 52.4 Å². The molecule has 6 rings (SSSR count). The van der Waals surface area contributed by atoms with Crippen LogP contribution in [0, 0.1) is 5.41 Å². The second kappa shape index (κ2) is 12.6. The van der Waals surface area contributed by atoms with E-state index in [1.165, 1.54) is 11.1 Å². The number of Topliss-reactive ketones (excluding diaryl/α,β-unsaturated/α-hetero) is 2. The highest BCUT2D eigenvalue weighted by atomic mass is 16.6. The fourth-order valence-electron chi connectivity index (χ4n) is 6.74. The second-order valence-electron chi connectivity index (χ2n) is 11.8. The fraction of sp³-hybridized carbons (Fsp3) is 0.282. The molecule has 0 aromatic heterocycles. The zero-order valence-electron chi connectivity index (χ0n) is 25.7. The second-order valence-corrected chi connectivity index (χ2v) is 11.8. The van der Waals surface area contributed by atoms with Crippen molar-refractivity contribution in [1.29, 1.82) is 0 Å². The third-order valence-electron chi connectivity index (χ3n) is 9.05. The van der Waals surface area contributed by atoms with Gasteiger partial charge in [0, 0.05) is 24.0 Å². The average molecular weight is 601 g/mol. The van der Waals surface area contributed by atoms with Gasteiger partial charge >= 0.3 is 11.9 Å². The minimum atomic E-state index is -2.12. The summed E-state index contributed by atoms with van der Waals surface area (Å²) in [4.78, 5) is 55.1. The molecule has 0 bridgehead atoms. The monoisotopic (exact) mass is 600 g/mol. The van der Waals surface area contributed by atoms with Crippen molar-refractivity contribution in [3.05, 3.63) is 118 Å². The normalized spacial score (nSPS) is 13.0. The standard InChI is InChI=1S/C39H36O6/c1-3-44-37(42)39(38(43)45-4-2,23-35(40)29-17-19-33-27(21-29)15-13-25-9-5-7-11-31(25)33)24-36(41)30-18-20-34-28(22-30)16-14-26-10-6-8-12-32(26)34/h5-12,17-22H,3-4,13-16,23-24H2,1-2H3. The highest BCUT2D eigenvalue weighted by molar-refractivity contribution is 6.12. The van der Waals surface area contributed by atoms with Crippen molar-refractivity contribution in [3.63, 3.8) is 0 Å². The number of carbonyl (C=O) groups excluding carboxylic acids is 4. The van der Waals surface area contributed by atoms with E-state index in [2.05, 4.69) is 24.3 Å². The third kappa shape index (κ3) is 5.73. The van der Waals surface area contributed by atoms with Gasteiger partial charge in [0.2, 0.25) is 0 Å². The average Bonchev–Trinajstić information content (AvgIpc) is 3.07. The SMILES string of the molecule is CCOC(=O)C(CC(=O)c1ccc2c(c1)CCc1ccccc1-2)(CC(=O)c1ccc2c(c1)CCc1ccccc1-2)C(=O)OCC. The Labute approximate surface area is 263 Å². The molecule has 0 unspecified atom stereocenters. The van der Waals surface area contributed by atoms with Crippen molar-refractivity contribution < 1.29 is 28.7 Å². The van der Waals surface area contributed by atoms with Gasteiger partial charge in [-0.2, -0.15) is 0 Å². The molecule has 4 aromatic carbocycles. The van der Waals surface area contributed by atoms with Gasteiger partial charge in [0.05, 0.1) is 13.2 Å². The van der Waals surface area contributed by atoms with Crippen molar-refractivity contribution in [2.24, 2.45) is 5.41 Å². The highest BCUT2D eigenvalue weighted by Crippen LogP contribution is 2.38. The fourth-order valence-corrected chi connectivity index (χ4v) is 6.74. The Morgan fingerprint density at radius 2 is 0.911 bits per heavy atom. The Balaban J connectivity index is 1.33. The summed E-state index contributed by atoms with van der Waals surface area (Å²) >= 11 is 0. The molecular weight excluding hydrogens is 564 g/mol. The van der Waals surface area contributed by atoms with Gasteiger partial charge in [-0.25, -0.2) is 0 Å². The van der Waals surface area contributed by atoms with Crippen LogP contribution in [0.5, 0.6) is 0 Å². The maximum atomic E-state index is 13.9. The summed E-state index contributed by atoms with van der Waals surface area (Å²) in [5.41, 5.74) is 7.65. The van der Waals surface area contributed by atoms with Crippen LogP contribution in [0.4, 0.5) is 0 Å². The number of aryl methyl sites for hydroxylation is 4. The smallest absolute Gasteiger partial charge is 0.324 e. The number of hydrogen-bond donors (Lipinski definition) is 0. The lowest BCUT2D eigenvalue weighted by Crippen LogP contribution is -2.45. The molecule has 0 N–H and O–H groups in total. The third-order valence-corrected chi connectivity index (χ3v) is 9.05. The van der Waals surface area contributed by atoms with Gasteiger partial charge in [-0.3, -0.25) is 19.2 Å². The molecule has 0 aliphatic heterocycles. The topological polar surface area (TPSA) is 86.7 Å². The Kier molecular flexibility index (Phi) is 8.48. The van der Waals surface area contributed by atoms with E-state index in [1.807, 2.05) is 48.5 Å². The van der Waals surface area contributed by atoms with Crippen molar-refractivity contribution in [2.75, 3.05) is 13.2 Å². The predicted octanol–water partition coefficient (Wildman–Crippen LogP) is 7.18. The van der Waals surface area contributed by atoms with Gasteiger partial charge in [-0.15, -0.1) is 0 Å². The lowest BCUT2D eigenvalue weighted by Gasteiger charge is -2.28. The van der Waals surface area contributed by atoms with Crippen LogP contribution in [0.1, 0.15) is 69.7 Å². The van der Waals surface area contributed by atoms with E-state index in [0.29, 0.717) is 11.1 Å². The maximum absolute atomic E-state index is 13.9. The zero-order chi connectivity index (χ0) is 31.6. The lowest BCUT2D eigenvalue weighted by atomic mass is 9.75. The molecule has 0 saturated carbocycles. The Morgan fingerprint density at radius 3 is 1.33 bits per heavy atom. The molecule has 0 spiro atoms. The van der Waals surface area contributed by atoms with Gasteiger partial charge in [0.25, 0.3) is 0 Å². The van der Waals surface area contributed by atoms with Crippen molar-refractivity contribution in [3.8, 4) is 22.3 Å². The molecule has 45 heavy (non-hydrogen) atoms. The van der Waals surface area contributed by atoms with Gasteiger partial charge in [0.1, 0.15) is 0 Å². The molecule has 0 amide bonds. The van der Waals surface area contributed by atoms with Gasteiger partial charge in [-0.05, 0) is 96.2 Å². The first-order valence-electron chi connectivity index (χ1n) is 15.7. The lowest BCUT2D eigenvalue weighted by molar-refractivity contribution is -0.171. The van der Waals surface area contributed by atoms with E-state index in [9.17, 15) is 19.2 Å². The first-order valence-corrected chi connectivity index (χ1v) is 15.7. The van der Waals surface area contributed by atoms with Crippen LogP contribution in [0.2, 0.25) is 0 Å².